The number of aromatic amines is 2. The van der Waals surface area contributed by atoms with Crippen molar-refractivity contribution in [2.75, 3.05) is 21.3 Å². The molecule has 0 saturated heterocycles. The van der Waals surface area contributed by atoms with Gasteiger partial charge in [-0.2, -0.15) is 0 Å². The van der Waals surface area contributed by atoms with Crippen LogP contribution in [0.5, 0.6) is 17.2 Å². The average molecular weight is 518 g/mol. The second-order valence-corrected chi connectivity index (χ2v) is 9.91. The number of fused-ring (bicyclic) bond motifs is 4. The van der Waals surface area contributed by atoms with E-state index in [2.05, 4.69) is 10.1 Å². The van der Waals surface area contributed by atoms with Crippen LogP contribution in [0.1, 0.15) is 51.0 Å². The molecule has 2 aromatic carbocycles. The zero-order chi connectivity index (χ0) is 26.4. The Kier molecular flexibility index (Phi) is 6.13. The van der Waals surface area contributed by atoms with Crippen LogP contribution in [0.15, 0.2) is 44.3 Å². The van der Waals surface area contributed by atoms with Gasteiger partial charge in [0.05, 0.1) is 38.3 Å². The van der Waals surface area contributed by atoms with Crippen molar-refractivity contribution >= 4 is 33.1 Å². The van der Waals surface area contributed by atoms with E-state index in [4.69, 9.17) is 18.6 Å². The molecule has 38 heavy (non-hydrogen) atoms. The molecule has 0 bridgehead atoms. The van der Waals surface area contributed by atoms with E-state index in [1.54, 1.807) is 27.4 Å². The summed E-state index contributed by atoms with van der Waals surface area (Å²) >= 11 is 0. The summed E-state index contributed by atoms with van der Waals surface area (Å²) in [6.45, 7) is 0. The summed E-state index contributed by atoms with van der Waals surface area (Å²) < 4.78 is 25.0. The van der Waals surface area contributed by atoms with Gasteiger partial charge in [0, 0.05) is 17.0 Å². The van der Waals surface area contributed by atoms with Crippen molar-refractivity contribution in [1.29, 1.82) is 0 Å². The summed E-state index contributed by atoms with van der Waals surface area (Å²) in [5.41, 5.74) is 3.27. The number of nitrogens with zero attached hydrogens (tertiary/aromatic N) is 1. The number of aromatic nitrogens is 3. The largest absolute Gasteiger partial charge is 0.493 e. The van der Waals surface area contributed by atoms with E-state index in [0.717, 1.165) is 36.6 Å². The first kappa shape index (κ1) is 24.2. The van der Waals surface area contributed by atoms with Crippen LogP contribution in [0.25, 0.3) is 44.2 Å². The monoisotopic (exact) mass is 517 g/mol. The van der Waals surface area contributed by atoms with Gasteiger partial charge in [0.25, 0.3) is 5.56 Å². The third-order valence-corrected chi connectivity index (χ3v) is 7.70. The smallest absolute Gasteiger partial charge is 0.274 e. The number of hydrogen-bond donors (Lipinski definition) is 2. The van der Waals surface area contributed by atoms with Gasteiger partial charge in [-0.15, -0.1) is 0 Å². The molecular weight excluding hydrogens is 486 g/mol. The predicted molar refractivity (Wildman–Crippen MR) is 147 cm³/mol. The molecule has 5 aromatic rings. The van der Waals surface area contributed by atoms with E-state index >= 15 is 0 Å². The molecule has 1 aliphatic carbocycles. The zero-order valence-corrected chi connectivity index (χ0v) is 21.8. The third kappa shape index (κ3) is 3.84. The normalized spacial score (nSPS) is 15.1. The van der Waals surface area contributed by atoms with Crippen molar-refractivity contribution in [2.24, 2.45) is 0 Å². The predicted octanol–water partition coefficient (Wildman–Crippen LogP) is 5.90. The molecule has 198 valence electrons. The standard InChI is InChI=1S/C29H31N3O6/c1-35-21-13-16(14-22(36-2)26(21)37-3)23-24-28(30-25-19-12-11-18(33)15-20(19)38-27(23)25)32(31-29(24)34)17-9-7-5-4-6-8-10-17/h11-15,17,30H,4-10H2,1-3H3,(H,31,34). The van der Waals surface area contributed by atoms with Crippen LogP contribution in [0, 0.1) is 0 Å². The maximum absolute atomic E-state index is 13.7. The molecule has 3 heterocycles. The van der Waals surface area contributed by atoms with Crippen molar-refractivity contribution in [3.8, 4) is 28.4 Å². The van der Waals surface area contributed by atoms with E-state index in [-0.39, 0.29) is 17.0 Å². The Balaban J connectivity index is 1.72. The second kappa shape index (κ2) is 9.63. The van der Waals surface area contributed by atoms with E-state index in [1.807, 2.05) is 16.8 Å². The molecule has 0 amide bonds. The van der Waals surface area contributed by atoms with Gasteiger partial charge in [0.15, 0.2) is 22.5 Å². The Labute approximate surface area is 218 Å². The fraction of sp³-hybridized carbons (Fsp3) is 0.379. The first-order valence-electron chi connectivity index (χ1n) is 13.1. The van der Waals surface area contributed by atoms with Gasteiger partial charge in [-0.1, -0.05) is 32.1 Å². The molecule has 0 unspecified atom stereocenters. The van der Waals surface area contributed by atoms with Crippen molar-refractivity contribution in [2.45, 2.75) is 51.0 Å². The maximum Gasteiger partial charge on any atom is 0.274 e. The Morgan fingerprint density at radius 2 is 1.58 bits per heavy atom. The van der Waals surface area contributed by atoms with Crippen LogP contribution < -0.4 is 25.2 Å². The molecule has 0 radical (unpaired) electrons. The van der Waals surface area contributed by atoms with Crippen LogP contribution in [0.3, 0.4) is 0 Å². The lowest BCUT2D eigenvalue weighted by molar-refractivity contribution is 0.324. The number of nitrogens with one attached hydrogen (secondary N) is 2. The molecular formula is C29H31N3O6. The van der Waals surface area contributed by atoms with Crippen molar-refractivity contribution < 1.29 is 18.6 Å². The number of pyridine rings is 1. The number of ether oxygens (including phenoxy) is 3. The van der Waals surface area contributed by atoms with Crippen molar-refractivity contribution in [3.05, 3.63) is 50.9 Å². The maximum atomic E-state index is 13.7. The highest BCUT2D eigenvalue weighted by molar-refractivity contribution is 6.14. The molecule has 9 heteroatoms. The Bertz CT molecular complexity index is 1740. The Morgan fingerprint density at radius 1 is 0.895 bits per heavy atom. The number of furan rings is 1. The summed E-state index contributed by atoms with van der Waals surface area (Å²) in [5, 5.41) is 4.39. The number of benzene rings is 2. The zero-order valence-electron chi connectivity index (χ0n) is 21.8. The lowest BCUT2D eigenvalue weighted by Crippen LogP contribution is -2.15. The lowest BCUT2D eigenvalue weighted by atomic mass is 9.96. The number of hydrogen-bond acceptors (Lipinski definition) is 6. The van der Waals surface area contributed by atoms with E-state index < -0.39 is 0 Å². The highest BCUT2D eigenvalue weighted by atomic mass is 16.5. The van der Waals surface area contributed by atoms with Crippen molar-refractivity contribution in [1.82, 2.24) is 14.8 Å². The fourth-order valence-corrected chi connectivity index (χ4v) is 5.88. The van der Waals surface area contributed by atoms with Gasteiger partial charge >= 0.3 is 0 Å². The Morgan fingerprint density at radius 3 is 2.24 bits per heavy atom. The molecule has 2 N–H and O–H groups in total. The summed E-state index contributed by atoms with van der Waals surface area (Å²) in [7, 11) is 4.66. The molecule has 6 rings (SSSR count). The van der Waals surface area contributed by atoms with Gasteiger partial charge in [0.2, 0.25) is 5.75 Å². The molecule has 0 aliphatic heterocycles. The molecule has 9 nitrogen and oxygen atoms in total. The average Bonchev–Trinajstić information content (AvgIpc) is 3.43. The van der Waals surface area contributed by atoms with E-state index in [0.29, 0.717) is 50.6 Å². The van der Waals surface area contributed by atoms with Crippen molar-refractivity contribution in [3.63, 3.8) is 0 Å². The third-order valence-electron chi connectivity index (χ3n) is 7.70. The minimum Gasteiger partial charge on any atom is -0.493 e. The summed E-state index contributed by atoms with van der Waals surface area (Å²) in [6, 6.07) is 8.56. The highest BCUT2D eigenvalue weighted by Crippen LogP contribution is 2.45. The Hall–Kier alpha value is -4.14. The minimum absolute atomic E-state index is 0.146. The van der Waals surface area contributed by atoms with Crippen LogP contribution in [-0.2, 0) is 0 Å². The fourth-order valence-electron chi connectivity index (χ4n) is 5.88. The first-order chi connectivity index (χ1) is 18.5. The van der Waals surface area contributed by atoms with Gasteiger partial charge in [-0.25, -0.2) is 0 Å². The van der Waals surface area contributed by atoms with Gasteiger partial charge in [-0.05, 0) is 42.7 Å². The quantitative estimate of drug-likeness (QED) is 0.300. The molecule has 1 saturated carbocycles. The van der Waals surface area contributed by atoms with E-state index in [1.165, 1.54) is 31.4 Å². The van der Waals surface area contributed by atoms with Gasteiger partial charge in [0.1, 0.15) is 11.2 Å². The molecule has 1 aliphatic rings. The molecule has 0 atom stereocenters. The lowest BCUT2D eigenvalue weighted by Gasteiger charge is -2.21. The van der Waals surface area contributed by atoms with Crippen LogP contribution in [0.4, 0.5) is 0 Å². The SMILES string of the molecule is COc1cc(-c2c3oc4cc(=O)ccc4c3[nH]c3c2c(=O)[nH]n3C2CCCCCCC2)cc(OC)c1OC. The summed E-state index contributed by atoms with van der Waals surface area (Å²) in [5.74, 6) is 1.38. The molecule has 1 fully saturated rings. The van der Waals surface area contributed by atoms with Gasteiger partial charge < -0.3 is 23.6 Å². The number of rotatable bonds is 5. The van der Waals surface area contributed by atoms with Crippen LogP contribution >= 0.6 is 0 Å². The van der Waals surface area contributed by atoms with E-state index in [9.17, 15) is 9.59 Å². The highest BCUT2D eigenvalue weighted by Gasteiger charge is 2.26. The minimum atomic E-state index is -0.214. The summed E-state index contributed by atoms with van der Waals surface area (Å²) in [4.78, 5) is 29.3. The molecule has 0 spiro atoms. The number of H-pyrrole nitrogens is 2. The number of methoxy groups -OCH3 is 3. The summed E-state index contributed by atoms with van der Waals surface area (Å²) in [6.07, 6.45) is 7.90. The van der Waals surface area contributed by atoms with Crippen LogP contribution in [-0.4, -0.2) is 36.1 Å². The molecule has 3 aromatic heterocycles. The van der Waals surface area contributed by atoms with Gasteiger partial charge in [-0.3, -0.25) is 19.4 Å². The second-order valence-electron chi connectivity index (χ2n) is 9.91. The first-order valence-corrected chi connectivity index (χ1v) is 13.1. The topological polar surface area (TPSA) is 111 Å². The van der Waals surface area contributed by atoms with Crippen LogP contribution in [0.2, 0.25) is 0 Å².